The summed E-state index contributed by atoms with van der Waals surface area (Å²) in [5, 5.41) is 1.39. The van der Waals surface area contributed by atoms with Crippen molar-refractivity contribution < 1.29 is 9.53 Å². The summed E-state index contributed by atoms with van der Waals surface area (Å²) in [6.07, 6.45) is 1.63. The second-order valence-corrected chi connectivity index (χ2v) is 4.40. The molecule has 0 aliphatic heterocycles. The Morgan fingerprint density at radius 2 is 2.33 bits per heavy atom. The number of halogens is 1. The van der Waals surface area contributed by atoms with Gasteiger partial charge in [0.15, 0.2) is 0 Å². The van der Waals surface area contributed by atoms with Gasteiger partial charge in [0, 0.05) is 11.6 Å². The zero-order valence-electron chi connectivity index (χ0n) is 8.20. The predicted molar refractivity (Wildman–Crippen MR) is 60.7 cm³/mol. The fourth-order valence-electron chi connectivity index (χ4n) is 1.40. The van der Waals surface area contributed by atoms with Gasteiger partial charge in [-0.3, -0.25) is 0 Å². The molecule has 0 atom stereocenters. The number of hydrogen-bond donors (Lipinski definition) is 0. The average Bonchev–Trinajstić information content (AvgIpc) is 2.57. The number of esters is 1. The maximum Gasteiger partial charge on any atom is 0.348 e. The Morgan fingerprint density at radius 3 is 2.93 bits per heavy atom. The molecule has 3 nitrogen and oxygen atoms in total. The molecule has 2 heterocycles. The zero-order chi connectivity index (χ0) is 11.0. The molecule has 15 heavy (non-hydrogen) atoms. The normalized spacial score (nSPS) is 10.6. The molecule has 0 N–H and O–H groups in total. The van der Waals surface area contributed by atoms with Gasteiger partial charge < -0.3 is 4.74 Å². The largest absolute Gasteiger partial charge is 0.465 e. The third-order valence-corrected chi connectivity index (χ3v) is 3.87. The van der Waals surface area contributed by atoms with Crippen LogP contribution in [0.4, 0.5) is 0 Å². The molecule has 5 heteroatoms. The standard InChI is InChI=1S/C10H8ClNO2S/c1-5-6-3-4-12-9(11)8(6)15-7(5)10(13)14-2/h3-4H,1-2H3. The van der Waals surface area contributed by atoms with E-state index < -0.39 is 0 Å². The number of carbonyl (C=O) groups excluding carboxylic acids is 1. The van der Waals surface area contributed by atoms with Gasteiger partial charge in [0.25, 0.3) is 0 Å². The minimum absolute atomic E-state index is 0.329. The Hall–Kier alpha value is -1.13. The van der Waals surface area contributed by atoms with Crippen molar-refractivity contribution in [1.82, 2.24) is 4.98 Å². The van der Waals surface area contributed by atoms with Gasteiger partial charge in [-0.2, -0.15) is 0 Å². The van der Waals surface area contributed by atoms with Crippen LogP contribution in [0.1, 0.15) is 15.2 Å². The Bertz CT molecular complexity index is 535. The van der Waals surface area contributed by atoms with Crippen LogP contribution in [-0.2, 0) is 4.74 Å². The first-order valence-corrected chi connectivity index (χ1v) is 5.46. The minimum Gasteiger partial charge on any atom is -0.465 e. The number of rotatable bonds is 1. The van der Waals surface area contributed by atoms with Gasteiger partial charge in [-0.25, -0.2) is 9.78 Å². The third kappa shape index (κ3) is 1.60. The van der Waals surface area contributed by atoms with E-state index in [4.69, 9.17) is 16.3 Å². The fourth-order valence-corrected chi connectivity index (χ4v) is 2.78. The number of thiophene rings is 1. The number of aromatic nitrogens is 1. The van der Waals surface area contributed by atoms with Crippen molar-refractivity contribution >= 4 is 39.0 Å². The highest BCUT2D eigenvalue weighted by Gasteiger charge is 2.17. The first-order chi connectivity index (χ1) is 7.15. The van der Waals surface area contributed by atoms with Gasteiger partial charge in [-0.05, 0) is 18.6 Å². The van der Waals surface area contributed by atoms with Crippen LogP contribution in [0.2, 0.25) is 5.15 Å². The summed E-state index contributed by atoms with van der Waals surface area (Å²) in [4.78, 5) is 16.0. The second-order valence-electron chi connectivity index (χ2n) is 3.03. The number of pyridine rings is 1. The van der Waals surface area contributed by atoms with Crippen molar-refractivity contribution in [2.75, 3.05) is 7.11 Å². The van der Waals surface area contributed by atoms with Crippen LogP contribution in [0.5, 0.6) is 0 Å². The molecule has 0 bridgehead atoms. The van der Waals surface area contributed by atoms with E-state index in [0.29, 0.717) is 10.0 Å². The molecule has 0 radical (unpaired) electrons. The van der Waals surface area contributed by atoms with E-state index in [1.165, 1.54) is 18.4 Å². The molecule has 2 rings (SSSR count). The molecule has 0 spiro atoms. The van der Waals surface area contributed by atoms with Crippen LogP contribution in [-0.4, -0.2) is 18.1 Å². The van der Waals surface area contributed by atoms with Gasteiger partial charge in [0.1, 0.15) is 10.0 Å². The number of fused-ring (bicyclic) bond motifs is 1. The van der Waals surface area contributed by atoms with Crippen molar-refractivity contribution in [3.63, 3.8) is 0 Å². The van der Waals surface area contributed by atoms with Crippen molar-refractivity contribution in [3.8, 4) is 0 Å². The maximum absolute atomic E-state index is 11.4. The Kier molecular flexibility index (Phi) is 2.63. The van der Waals surface area contributed by atoms with Gasteiger partial charge in [-0.1, -0.05) is 11.6 Å². The van der Waals surface area contributed by atoms with E-state index >= 15 is 0 Å². The van der Waals surface area contributed by atoms with Gasteiger partial charge in [0.2, 0.25) is 0 Å². The van der Waals surface area contributed by atoms with Crippen molar-refractivity contribution in [2.45, 2.75) is 6.92 Å². The molecule has 0 aliphatic carbocycles. The lowest BCUT2D eigenvalue weighted by atomic mass is 10.2. The summed E-state index contributed by atoms with van der Waals surface area (Å²) < 4.78 is 5.53. The van der Waals surface area contributed by atoms with E-state index in [-0.39, 0.29) is 5.97 Å². The smallest absolute Gasteiger partial charge is 0.348 e. The molecule has 2 aromatic rings. The van der Waals surface area contributed by atoms with Gasteiger partial charge >= 0.3 is 5.97 Å². The van der Waals surface area contributed by atoms with Gasteiger partial charge in [0.05, 0.1) is 11.8 Å². The summed E-state index contributed by atoms with van der Waals surface area (Å²) in [6, 6.07) is 1.85. The SMILES string of the molecule is COC(=O)c1sc2c(Cl)nccc2c1C. The lowest BCUT2D eigenvalue weighted by Gasteiger charge is -1.95. The van der Waals surface area contributed by atoms with Crippen LogP contribution >= 0.6 is 22.9 Å². The fraction of sp³-hybridized carbons (Fsp3) is 0.200. The molecule has 0 unspecified atom stereocenters. The third-order valence-electron chi connectivity index (χ3n) is 2.18. The lowest BCUT2D eigenvalue weighted by Crippen LogP contribution is -1.99. The number of ether oxygens (including phenoxy) is 1. The first kappa shape index (κ1) is 10.4. The van der Waals surface area contributed by atoms with E-state index in [9.17, 15) is 4.79 Å². The Morgan fingerprint density at radius 1 is 1.60 bits per heavy atom. The number of aryl methyl sites for hydroxylation is 1. The van der Waals surface area contributed by atoms with Crippen LogP contribution in [0, 0.1) is 6.92 Å². The molecule has 78 valence electrons. The van der Waals surface area contributed by atoms with Crippen LogP contribution < -0.4 is 0 Å². The first-order valence-electron chi connectivity index (χ1n) is 4.27. The molecular weight excluding hydrogens is 234 g/mol. The topological polar surface area (TPSA) is 39.2 Å². The molecule has 0 aliphatic rings. The Balaban J connectivity index is 2.75. The van der Waals surface area contributed by atoms with Crippen LogP contribution in [0.15, 0.2) is 12.3 Å². The van der Waals surface area contributed by atoms with Crippen molar-refractivity contribution in [3.05, 3.63) is 27.9 Å². The minimum atomic E-state index is -0.329. The molecule has 0 amide bonds. The lowest BCUT2D eigenvalue weighted by molar-refractivity contribution is 0.0605. The molecule has 0 aromatic carbocycles. The van der Waals surface area contributed by atoms with Crippen molar-refractivity contribution in [2.24, 2.45) is 0 Å². The number of hydrogen-bond acceptors (Lipinski definition) is 4. The molecule has 0 saturated carbocycles. The summed E-state index contributed by atoms with van der Waals surface area (Å²) in [5.74, 6) is -0.329. The molecular formula is C10H8ClNO2S. The van der Waals surface area contributed by atoms with E-state index in [0.717, 1.165) is 15.6 Å². The number of nitrogens with zero attached hydrogens (tertiary/aromatic N) is 1. The van der Waals surface area contributed by atoms with E-state index in [1.807, 2.05) is 13.0 Å². The monoisotopic (exact) mass is 241 g/mol. The summed E-state index contributed by atoms with van der Waals surface area (Å²) in [7, 11) is 1.37. The predicted octanol–water partition coefficient (Wildman–Crippen LogP) is 3.04. The molecule has 0 saturated heterocycles. The highest BCUT2D eigenvalue weighted by Crippen LogP contribution is 2.34. The Labute approximate surface area is 95.6 Å². The molecule has 0 fully saturated rings. The maximum atomic E-state index is 11.4. The van der Waals surface area contributed by atoms with Gasteiger partial charge in [-0.15, -0.1) is 11.3 Å². The number of carbonyl (C=O) groups is 1. The van der Waals surface area contributed by atoms with Crippen molar-refractivity contribution in [1.29, 1.82) is 0 Å². The summed E-state index contributed by atoms with van der Waals surface area (Å²) in [5.41, 5.74) is 0.895. The second kappa shape index (κ2) is 3.79. The zero-order valence-corrected chi connectivity index (χ0v) is 9.78. The quantitative estimate of drug-likeness (QED) is 0.569. The molecule has 2 aromatic heterocycles. The summed E-state index contributed by atoms with van der Waals surface area (Å²) in [6.45, 7) is 1.88. The van der Waals surface area contributed by atoms with Crippen LogP contribution in [0.25, 0.3) is 10.1 Å². The highest BCUT2D eigenvalue weighted by molar-refractivity contribution is 7.21. The van der Waals surface area contributed by atoms with E-state index in [1.54, 1.807) is 6.20 Å². The highest BCUT2D eigenvalue weighted by atomic mass is 35.5. The summed E-state index contributed by atoms with van der Waals surface area (Å²) >= 11 is 7.25. The number of methoxy groups -OCH3 is 1. The average molecular weight is 242 g/mol. The van der Waals surface area contributed by atoms with E-state index in [2.05, 4.69) is 4.98 Å². The van der Waals surface area contributed by atoms with Crippen LogP contribution in [0.3, 0.4) is 0 Å².